The monoisotopic (exact) mass is 369 g/mol. The maximum absolute atomic E-state index is 12.8. The van der Waals surface area contributed by atoms with Gasteiger partial charge in [0.25, 0.3) is 0 Å². The van der Waals surface area contributed by atoms with Gasteiger partial charge in [0.05, 0.1) is 11.8 Å². The molecule has 2 fully saturated rings. The van der Waals surface area contributed by atoms with Gasteiger partial charge in [-0.05, 0) is 49.1 Å². The first-order chi connectivity index (χ1) is 13.1. The highest BCUT2D eigenvalue weighted by Gasteiger charge is 2.53. The highest BCUT2D eigenvalue weighted by Crippen LogP contribution is 2.56. The molecule has 4 atom stereocenters. The molecule has 0 unspecified atom stereocenters. The molecule has 1 aromatic heterocycles. The normalized spacial score (nSPS) is 26.5. The Hall–Kier alpha value is -2.37. The number of nitrogens with zero attached hydrogens (tertiary/aromatic N) is 2. The summed E-state index contributed by atoms with van der Waals surface area (Å²) in [7, 11) is 0. The fourth-order valence-corrected chi connectivity index (χ4v) is 4.57. The fourth-order valence-electron chi connectivity index (χ4n) is 4.57. The van der Waals surface area contributed by atoms with Crippen LogP contribution < -0.4 is 10.1 Å². The van der Waals surface area contributed by atoms with E-state index in [1.165, 1.54) is 0 Å². The average Bonchev–Trinajstić information content (AvgIpc) is 3.40. The molecule has 1 amide bonds. The second-order valence-electron chi connectivity index (χ2n) is 8.17. The van der Waals surface area contributed by atoms with E-state index in [4.69, 9.17) is 9.26 Å². The van der Waals surface area contributed by atoms with Crippen LogP contribution in [0.3, 0.4) is 0 Å². The molecule has 6 heteroatoms. The molecule has 0 aliphatic heterocycles. The van der Waals surface area contributed by atoms with Gasteiger partial charge in [0.2, 0.25) is 17.6 Å². The van der Waals surface area contributed by atoms with Crippen LogP contribution in [0.25, 0.3) is 0 Å². The number of nitrogens with one attached hydrogen (secondary N) is 1. The number of hydrogen-bond donors (Lipinski definition) is 1. The van der Waals surface area contributed by atoms with Crippen molar-refractivity contribution in [2.75, 3.05) is 6.54 Å². The summed E-state index contributed by atoms with van der Waals surface area (Å²) < 4.78 is 11.3. The maximum Gasteiger partial charge on any atom is 0.230 e. The van der Waals surface area contributed by atoms with Crippen LogP contribution in [0.15, 0.2) is 34.9 Å². The maximum atomic E-state index is 12.8. The first-order valence-corrected chi connectivity index (χ1v) is 9.90. The van der Waals surface area contributed by atoms with E-state index in [0.717, 1.165) is 25.0 Å². The largest absolute Gasteiger partial charge is 0.485 e. The molecular weight excluding hydrogens is 342 g/mol. The van der Waals surface area contributed by atoms with Gasteiger partial charge in [-0.2, -0.15) is 4.98 Å². The van der Waals surface area contributed by atoms with E-state index in [2.05, 4.69) is 29.3 Å². The van der Waals surface area contributed by atoms with Crippen LogP contribution in [0.5, 0.6) is 5.75 Å². The van der Waals surface area contributed by atoms with Crippen molar-refractivity contribution in [1.82, 2.24) is 15.5 Å². The SMILES string of the molecule is CC(C)CNC(=O)[C@H]1[C@H]2CC[C@H](C2)[C@@H]1c1nc(COc2ccccc2)no1. The van der Waals surface area contributed by atoms with Gasteiger partial charge in [-0.1, -0.05) is 37.2 Å². The number of carbonyl (C=O) groups excluding carboxylic acids is 1. The van der Waals surface area contributed by atoms with Gasteiger partial charge in [0.15, 0.2) is 6.61 Å². The lowest BCUT2D eigenvalue weighted by atomic mass is 9.78. The summed E-state index contributed by atoms with van der Waals surface area (Å²) in [5.74, 6) is 3.36. The minimum Gasteiger partial charge on any atom is -0.485 e. The Morgan fingerprint density at radius 2 is 2.04 bits per heavy atom. The van der Waals surface area contributed by atoms with Crippen molar-refractivity contribution in [3.63, 3.8) is 0 Å². The third kappa shape index (κ3) is 3.84. The second kappa shape index (κ2) is 7.71. The van der Waals surface area contributed by atoms with E-state index in [1.54, 1.807) is 0 Å². The van der Waals surface area contributed by atoms with Crippen LogP contribution in [0.4, 0.5) is 0 Å². The molecule has 0 radical (unpaired) electrons. The molecule has 144 valence electrons. The first kappa shape index (κ1) is 18.0. The predicted molar refractivity (Wildman–Crippen MR) is 100.0 cm³/mol. The zero-order chi connectivity index (χ0) is 18.8. The summed E-state index contributed by atoms with van der Waals surface area (Å²) in [6, 6.07) is 9.58. The number of amides is 1. The van der Waals surface area contributed by atoms with Crippen molar-refractivity contribution in [2.45, 2.75) is 45.6 Å². The topological polar surface area (TPSA) is 77.2 Å². The highest BCUT2D eigenvalue weighted by molar-refractivity contribution is 5.80. The number of ether oxygens (including phenoxy) is 1. The van der Waals surface area contributed by atoms with E-state index in [1.807, 2.05) is 30.3 Å². The van der Waals surface area contributed by atoms with Crippen molar-refractivity contribution in [2.24, 2.45) is 23.7 Å². The number of rotatable bonds is 7. The van der Waals surface area contributed by atoms with Crippen LogP contribution in [0, 0.1) is 23.7 Å². The van der Waals surface area contributed by atoms with Crippen molar-refractivity contribution < 1.29 is 14.1 Å². The molecule has 2 aromatic rings. The number of hydrogen-bond acceptors (Lipinski definition) is 5. The second-order valence-corrected chi connectivity index (χ2v) is 8.17. The van der Waals surface area contributed by atoms with Crippen LogP contribution in [-0.2, 0) is 11.4 Å². The lowest BCUT2D eigenvalue weighted by Crippen LogP contribution is -2.39. The molecular formula is C21H27N3O3. The molecule has 2 bridgehead atoms. The molecule has 2 aliphatic carbocycles. The van der Waals surface area contributed by atoms with Gasteiger partial charge in [-0.15, -0.1) is 0 Å². The molecule has 0 saturated heterocycles. The Balaban J connectivity index is 1.45. The van der Waals surface area contributed by atoms with Gasteiger partial charge in [-0.25, -0.2) is 0 Å². The Labute approximate surface area is 159 Å². The van der Waals surface area contributed by atoms with Crippen molar-refractivity contribution in [1.29, 1.82) is 0 Å². The quantitative estimate of drug-likeness (QED) is 0.808. The number of para-hydroxylation sites is 1. The summed E-state index contributed by atoms with van der Waals surface area (Å²) in [5.41, 5.74) is 0. The highest BCUT2D eigenvalue weighted by atomic mass is 16.5. The molecule has 4 rings (SSSR count). The first-order valence-electron chi connectivity index (χ1n) is 9.90. The van der Waals surface area contributed by atoms with Crippen molar-refractivity contribution >= 4 is 5.91 Å². The molecule has 27 heavy (non-hydrogen) atoms. The molecule has 1 heterocycles. The average molecular weight is 369 g/mol. The Morgan fingerprint density at radius 3 is 2.81 bits per heavy atom. The smallest absolute Gasteiger partial charge is 0.230 e. The van der Waals surface area contributed by atoms with E-state index >= 15 is 0 Å². The Kier molecular flexibility index (Phi) is 5.14. The van der Waals surface area contributed by atoms with Crippen LogP contribution >= 0.6 is 0 Å². The molecule has 1 N–H and O–H groups in total. The fraction of sp³-hybridized carbons (Fsp3) is 0.571. The van der Waals surface area contributed by atoms with Gasteiger partial charge in [0.1, 0.15) is 5.75 Å². The van der Waals surface area contributed by atoms with Crippen LogP contribution in [0.1, 0.15) is 50.7 Å². The lowest BCUT2D eigenvalue weighted by Gasteiger charge is -2.27. The summed E-state index contributed by atoms with van der Waals surface area (Å²) in [6.45, 7) is 5.18. The van der Waals surface area contributed by atoms with Gasteiger partial charge in [0, 0.05) is 6.54 Å². The standard InChI is InChI=1S/C21H27N3O3/c1-13(2)11-22-20(25)18-14-8-9-15(10-14)19(18)21-23-17(24-27-21)12-26-16-6-4-3-5-7-16/h3-7,13-15,18-19H,8-12H2,1-2H3,(H,22,25)/t14-,15+,18-,19-/m0/s1. The Morgan fingerprint density at radius 1 is 1.26 bits per heavy atom. The molecule has 6 nitrogen and oxygen atoms in total. The Bertz CT molecular complexity index is 774. The number of fused-ring (bicyclic) bond motifs is 2. The predicted octanol–water partition coefficient (Wildman–Crippen LogP) is 3.55. The van der Waals surface area contributed by atoms with E-state index in [-0.39, 0.29) is 24.3 Å². The number of aromatic nitrogens is 2. The van der Waals surface area contributed by atoms with Gasteiger partial charge < -0.3 is 14.6 Å². The van der Waals surface area contributed by atoms with E-state index in [0.29, 0.717) is 36.0 Å². The summed E-state index contributed by atoms with van der Waals surface area (Å²) in [5, 5.41) is 7.19. The molecule has 0 spiro atoms. The van der Waals surface area contributed by atoms with E-state index < -0.39 is 0 Å². The third-order valence-electron chi connectivity index (χ3n) is 5.78. The number of carbonyl (C=O) groups is 1. The lowest BCUT2D eigenvalue weighted by molar-refractivity contribution is -0.127. The zero-order valence-corrected chi connectivity index (χ0v) is 15.9. The van der Waals surface area contributed by atoms with Crippen LogP contribution in [0.2, 0.25) is 0 Å². The number of benzene rings is 1. The summed E-state index contributed by atoms with van der Waals surface area (Å²) in [4.78, 5) is 17.4. The van der Waals surface area contributed by atoms with Gasteiger partial charge >= 0.3 is 0 Å². The minimum absolute atomic E-state index is 0.0360. The molecule has 2 saturated carbocycles. The summed E-state index contributed by atoms with van der Waals surface area (Å²) in [6.07, 6.45) is 3.35. The van der Waals surface area contributed by atoms with Crippen molar-refractivity contribution in [3.05, 3.63) is 42.0 Å². The van der Waals surface area contributed by atoms with Crippen LogP contribution in [-0.4, -0.2) is 22.6 Å². The molecule has 1 aromatic carbocycles. The van der Waals surface area contributed by atoms with Crippen molar-refractivity contribution in [3.8, 4) is 5.75 Å². The third-order valence-corrected chi connectivity index (χ3v) is 5.78. The van der Waals surface area contributed by atoms with E-state index in [9.17, 15) is 4.79 Å². The minimum atomic E-state index is -0.0501. The summed E-state index contributed by atoms with van der Waals surface area (Å²) >= 11 is 0. The van der Waals surface area contributed by atoms with Gasteiger partial charge in [-0.3, -0.25) is 4.79 Å². The zero-order valence-electron chi connectivity index (χ0n) is 15.9. The molecule has 2 aliphatic rings.